The summed E-state index contributed by atoms with van der Waals surface area (Å²) in [4.78, 5) is 0. The van der Waals surface area contributed by atoms with Crippen LogP contribution in [-0.2, 0) is 0 Å². The van der Waals surface area contributed by atoms with Gasteiger partial charge in [-0.05, 0) is 24.1 Å². The van der Waals surface area contributed by atoms with Gasteiger partial charge in [0.15, 0.2) is 0 Å². The standard InChI is InChI=1S/C14H13F4N/c1-19-13(8-14(16,17)18)11-6-7-12(15)10-5-3-2-4-9(10)11/h2-7,13,19H,8H2,1H3. The number of fused-ring (bicyclic) bond motifs is 1. The second kappa shape index (κ2) is 5.17. The molecule has 19 heavy (non-hydrogen) atoms. The molecule has 0 heterocycles. The van der Waals surface area contributed by atoms with Crippen LogP contribution < -0.4 is 5.32 Å². The molecule has 1 N–H and O–H groups in total. The topological polar surface area (TPSA) is 12.0 Å². The second-order valence-corrected chi connectivity index (χ2v) is 4.34. The fourth-order valence-corrected chi connectivity index (χ4v) is 2.19. The lowest BCUT2D eigenvalue weighted by Gasteiger charge is -2.20. The Morgan fingerprint density at radius 1 is 1.05 bits per heavy atom. The summed E-state index contributed by atoms with van der Waals surface area (Å²) in [5, 5.41) is 3.49. The van der Waals surface area contributed by atoms with Crippen molar-refractivity contribution in [3.8, 4) is 0 Å². The fraction of sp³-hybridized carbons (Fsp3) is 0.286. The Hall–Kier alpha value is -1.62. The molecule has 5 heteroatoms. The molecule has 102 valence electrons. The fourth-order valence-electron chi connectivity index (χ4n) is 2.19. The first-order chi connectivity index (χ1) is 8.92. The van der Waals surface area contributed by atoms with Crippen molar-refractivity contribution in [3.05, 3.63) is 47.8 Å². The minimum atomic E-state index is -4.27. The van der Waals surface area contributed by atoms with Gasteiger partial charge in [0.05, 0.1) is 6.42 Å². The van der Waals surface area contributed by atoms with Crippen molar-refractivity contribution in [1.29, 1.82) is 0 Å². The van der Waals surface area contributed by atoms with Crippen LogP contribution in [0.25, 0.3) is 10.8 Å². The van der Waals surface area contributed by atoms with Crippen LogP contribution in [0.3, 0.4) is 0 Å². The van der Waals surface area contributed by atoms with Crippen LogP contribution in [0, 0.1) is 5.82 Å². The molecule has 0 amide bonds. The molecule has 2 rings (SSSR count). The van der Waals surface area contributed by atoms with Gasteiger partial charge in [0.2, 0.25) is 0 Å². The van der Waals surface area contributed by atoms with Crippen LogP contribution in [-0.4, -0.2) is 13.2 Å². The first-order valence-electron chi connectivity index (χ1n) is 5.83. The van der Waals surface area contributed by atoms with Gasteiger partial charge in [-0.2, -0.15) is 13.2 Å². The largest absolute Gasteiger partial charge is 0.390 e. The van der Waals surface area contributed by atoms with Gasteiger partial charge in [-0.1, -0.05) is 30.3 Å². The van der Waals surface area contributed by atoms with Gasteiger partial charge in [-0.15, -0.1) is 0 Å². The summed E-state index contributed by atoms with van der Waals surface area (Å²) in [6, 6.07) is 8.27. The molecule has 0 fully saturated rings. The second-order valence-electron chi connectivity index (χ2n) is 4.34. The molecule has 2 aromatic rings. The number of halogens is 4. The lowest BCUT2D eigenvalue weighted by molar-refractivity contribution is -0.140. The normalized spacial score (nSPS) is 13.7. The Labute approximate surface area is 108 Å². The van der Waals surface area contributed by atoms with Crippen molar-refractivity contribution >= 4 is 10.8 Å². The first-order valence-corrected chi connectivity index (χ1v) is 5.83. The minimum absolute atomic E-state index is 0.336. The SMILES string of the molecule is CNC(CC(F)(F)F)c1ccc(F)c2ccccc12. The molecule has 0 saturated heterocycles. The summed E-state index contributed by atoms with van der Waals surface area (Å²) in [6.07, 6.45) is -5.26. The number of nitrogens with one attached hydrogen (secondary N) is 1. The predicted octanol–water partition coefficient (Wildman–Crippen LogP) is 4.19. The van der Waals surface area contributed by atoms with E-state index in [-0.39, 0.29) is 0 Å². The van der Waals surface area contributed by atoms with E-state index in [4.69, 9.17) is 0 Å². The molecular formula is C14H13F4N. The first kappa shape index (κ1) is 13.8. The van der Waals surface area contributed by atoms with Gasteiger partial charge in [0, 0.05) is 11.4 Å². The van der Waals surface area contributed by atoms with Crippen molar-refractivity contribution < 1.29 is 17.6 Å². The van der Waals surface area contributed by atoms with E-state index in [0.717, 1.165) is 0 Å². The zero-order valence-corrected chi connectivity index (χ0v) is 10.3. The highest BCUT2D eigenvalue weighted by Gasteiger charge is 2.32. The molecule has 0 aliphatic heterocycles. The highest BCUT2D eigenvalue weighted by atomic mass is 19.4. The lowest BCUT2D eigenvalue weighted by Crippen LogP contribution is -2.24. The van der Waals surface area contributed by atoms with Crippen LogP contribution in [0.5, 0.6) is 0 Å². The van der Waals surface area contributed by atoms with Gasteiger partial charge in [-0.25, -0.2) is 4.39 Å². The minimum Gasteiger partial charge on any atom is -0.313 e. The molecule has 2 aromatic carbocycles. The Bertz CT molecular complexity index is 577. The van der Waals surface area contributed by atoms with E-state index >= 15 is 0 Å². The summed E-state index contributed by atoms with van der Waals surface area (Å²) in [5.74, 6) is -0.429. The Morgan fingerprint density at radius 3 is 2.26 bits per heavy atom. The van der Waals surface area contributed by atoms with E-state index in [9.17, 15) is 17.6 Å². The van der Waals surface area contributed by atoms with Crippen molar-refractivity contribution in [2.45, 2.75) is 18.6 Å². The van der Waals surface area contributed by atoms with E-state index in [1.807, 2.05) is 0 Å². The Morgan fingerprint density at radius 2 is 1.68 bits per heavy atom. The van der Waals surface area contributed by atoms with Gasteiger partial charge in [-0.3, -0.25) is 0 Å². The number of hydrogen-bond donors (Lipinski definition) is 1. The van der Waals surface area contributed by atoms with Crippen molar-refractivity contribution in [1.82, 2.24) is 5.32 Å². The Kier molecular flexibility index (Phi) is 3.75. The van der Waals surface area contributed by atoms with Crippen molar-refractivity contribution in [3.63, 3.8) is 0 Å². The van der Waals surface area contributed by atoms with Crippen molar-refractivity contribution in [2.24, 2.45) is 0 Å². The highest BCUT2D eigenvalue weighted by Crippen LogP contribution is 2.33. The Balaban J connectivity index is 2.52. The van der Waals surface area contributed by atoms with E-state index in [0.29, 0.717) is 16.3 Å². The quantitative estimate of drug-likeness (QED) is 0.825. The summed E-state index contributed by atoms with van der Waals surface area (Å²) >= 11 is 0. The van der Waals surface area contributed by atoms with Crippen molar-refractivity contribution in [2.75, 3.05) is 7.05 Å². The van der Waals surface area contributed by atoms with Gasteiger partial charge in [0.25, 0.3) is 0 Å². The average Bonchev–Trinajstić information content (AvgIpc) is 2.36. The number of alkyl halides is 3. The van der Waals surface area contributed by atoms with Crippen LogP contribution in [0.2, 0.25) is 0 Å². The van der Waals surface area contributed by atoms with Crippen LogP contribution >= 0.6 is 0 Å². The molecule has 1 unspecified atom stereocenters. The number of hydrogen-bond acceptors (Lipinski definition) is 1. The molecule has 0 aromatic heterocycles. The van der Waals surface area contributed by atoms with Gasteiger partial charge in [0.1, 0.15) is 5.82 Å². The summed E-state index contributed by atoms with van der Waals surface area (Å²) in [7, 11) is 1.47. The summed E-state index contributed by atoms with van der Waals surface area (Å²) in [5.41, 5.74) is 0.455. The monoisotopic (exact) mass is 271 g/mol. The van der Waals surface area contributed by atoms with Crippen LogP contribution in [0.4, 0.5) is 17.6 Å². The third-order valence-electron chi connectivity index (χ3n) is 3.06. The molecule has 1 nitrogen and oxygen atoms in total. The molecule has 0 bridgehead atoms. The lowest BCUT2D eigenvalue weighted by atomic mass is 9.96. The van der Waals surface area contributed by atoms with E-state index in [1.165, 1.54) is 19.2 Å². The van der Waals surface area contributed by atoms with Crippen LogP contribution in [0.15, 0.2) is 36.4 Å². The molecule has 1 atom stereocenters. The molecule has 0 aliphatic carbocycles. The molecule has 0 spiro atoms. The summed E-state index contributed by atoms with van der Waals surface area (Å²) in [6.45, 7) is 0. The zero-order valence-electron chi connectivity index (χ0n) is 10.3. The maximum Gasteiger partial charge on any atom is 0.390 e. The van der Waals surface area contributed by atoms with E-state index in [1.54, 1.807) is 24.3 Å². The smallest absolute Gasteiger partial charge is 0.313 e. The molecule has 0 saturated carbocycles. The third-order valence-corrected chi connectivity index (χ3v) is 3.06. The van der Waals surface area contributed by atoms with E-state index < -0.39 is 24.5 Å². The molecular weight excluding hydrogens is 258 g/mol. The summed E-state index contributed by atoms with van der Waals surface area (Å²) < 4.78 is 51.3. The highest BCUT2D eigenvalue weighted by molar-refractivity contribution is 5.86. The maximum absolute atomic E-state index is 13.6. The molecule has 0 radical (unpaired) electrons. The van der Waals surface area contributed by atoms with Gasteiger partial charge < -0.3 is 5.32 Å². The zero-order chi connectivity index (χ0) is 14.0. The van der Waals surface area contributed by atoms with E-state index in [2.05, 4.69) is 5.32 Å². The van der Waals surface area contributed by atoms with Gasteiger partial charge >= 0.3 is 6.18 Å². The van der Waals surface area contributed by atoms with Crippen LogP contribution in [0.1, 0.15) is 18.0 Å². The average molecular weight is 271 g/mol. The molecule has 0 aliphatic rings. The number of benzene rings is 2. The predicted molar refractivity (Wildman–Crippen MR) is 66.4 cm³/mol. The maximum atomic E-state index is 13.6. The third kappa shape index (κ3) is 3.04. The number of rotatable bonds is 3.